The van der Waals surface area contributed by atoms with Gasteiger partial charge in [-0.05, 0) is 42.7 Å². The molecule has 1 N–H and O–H groups in total. The molecule has 3 aromatic heterocycles. The van der Waals surface area contributed by atoms with Crippen LogP contribution in [0.3, 0.4) is 0 Å². The lowest BCUT2D eigenvalue weighted by atomic mass is 10.0. The normalized spacial score (nSPS) is 14.9. The van der Waals surface area contributed by atoms with E-state index in [1.165, 1.54) is 17.0 Å². The van der Waals surface area contributed by atoms with Gasteiger partial charge in [0.15, 0.2) is 5.69 Å². The zero-order valence-electron chi connectivity index (χ0n) is 22.2. The van der Waals surface area contributed by atoms with Gasteiger partial charge in [0, 0.05) is 49.2 Å². The average Bonchev–Trinajstić information content (AvgIpc) is 3.62. The van der Waals surface area contributed by atoms with Gasteiger partial charge in [-0.1, -0.05) is 46.8 Å². The molecule has 5 aromatic rings. The Hall–Kier alpha value is -4.33. The molecule has 0 radical (unpaired) electrons. The first-order chi connectivity index (χ1) is 19.8. The van der Waals surface area contributed by atoms with E-state index in [2.05, 4.69) is 35.1 Å². The van der Waals surface area contributed by atoms with Crippen LogP contribution in [0.5, 0.6) is 0 Å². The molecule has 13 heteroatoms. The minimum atomic E-state index is -3.19. The van der Waals surface area contributed by atoms with E-state index < -0.39 is 15.8 Å². The first-order valence-electron chi connectivity index (χ1n) is 13.1. The molecule has 41 heavy (non-hydrogen) atoms. The van der Waals surface area contributed by atoms with Crippen molar-refractivity contribution in [2.75, 3.05) is 19.3 Å². The van der Waals surface area contributed by atoms with Gasteiger partial charge in [-0.15, -0.1) is 5.10 Å². The summed E-state index contributed by atoms with van der Waals surface area (Å²) in [6, 6.07) is 17.8. The fraction of sp³-hybridized carbons (Fsp3) is 0.250. The topological polar surface area (TPSA) is 132 Å². The number of benzene rings is 2. The summed E-state index contributed by atoms with van der Waals surface area (Å²) < 4.78 is 47.4. The lowest BCUT2D eigenvalue weighted by Gasteiger charge is -2.31. The number of pyridine rings is 1. The molecule has 0 atom stereocenters. The SMILES string of the molecule is CS(=O)(=O)NC1CCN(Cc2ccc(-c3noc(-c4nnn(-c5ccccc5F)c4-c4ccncc4)n3)cc2)CC1. The standard InChI is InChI=1S/C28H27FN8O3S/c1-41(38,39)34-22-12-16-36(17-13-22)18-19-6-8-21(9-7-19)27-31-28(40-33-27)25-26(20-10-14-30-15-11-20)37(35-32-25)24-5-3-2-4-23(24)29/h2-11,14-15,22,34H,12-13,16-18H2,1H3. The van der Waals surface area contributed by atoms with Crippen LogP contribution in [0.25, 0.3) is 39.9 Å². The van der Waals surface area contributed by atoms with Crippen LogP contribution < -0.4 is 4.72 Å². The van der Waals surface area contributed by atoms with Crippen molar-refractivity contribution in [1.82, 2.24) is 39.7 Å². The Kier molecular flexibility index (Phi) is 7.39. The number of halogens is 1. The van der Waals surface area contributed by atoms with E-state index in [-0.39, 0.29) is 17.6 Å². The lowest BCUT2D eigenvalue weighted by Crippen LogP contribution is -2.43. The van der Waals surface area contributed by atoms with E-state index >= 15 is 0 Å². The molecule has 2 aromatic carbocycles. The molecule has 6 rings (SSSR count). The van der Waals surface area contributed by atoms with Gasteiger partial charge >= 0.3 is 0 Å². The second-order valence-electron chi connectivity index (χ2n) is 9.95. The largest absolute Gasteiger partial charge is 0.332 e. The number of para-hydroxylation sites is 1. The first kappa shape index (κ1) is 26.9. The minimum absolute atomic E-state index is 0.0107. The molecule has 0 aliphatic carbocycles. The van der Waals surface area contributed by atoms with E-state index in [4.69, 9.17) is 4.52 Å². The Morgan fingerprint density at radius 1 is 1.00 bits per heavy atom. The number of nitrogens with one attached hydrogen (secondary N) is 1. The smallest absolute Gasteiger partial charge is 0.281 e. The number of hydrogen-bond donors (Lipinski definition) is 1. The van der Waals surface area contributed by atoms with Gasteiger partial charge in [0.2, 0.25) is 15.8 Å². The molecule has 0 bridgehead atoms. The summed E-state index contributed by atoms with van der Waals surface area (Å²) in [6.45, 7) is 2.39. The number of likely N-dealkylation sites (tertiary alicyclic amines) is 1. The van der Waals surface area contributed by atoms with Gasteiger partial charge < -0.3 is 4.52 Å². The number of piperidine rings is 1. The van der Waals surface area contributed by atoms with E-state index in [9.17, 15) is 12.8 Å². The van der Waals surface area contributed by atoms with Crippen molar-refractivity contribution in [2.24, 2.45) is 0 Å². The second kappa shape index (κ2) is 11.3. The van der Waals surface area contributed by atoms with Crippen molar-refractivity contribution in [3.63, 3.8) is 0 Å². The van der Waals surface area contributed by atoms with Gasteiger partial charge in [-0.2, -0.15) is 4.98 Å². The van der Waals surface area contributed by atoms with E-state index in [1.807, 2.05) is 24.3 Å². The average molecular weight is 575 g/mol. The van der Waals surface area contributed by atoms with Crippen molar-refractivity contribution < 1.29 is 17.3 Å². The fourth-order valence-electron chi connectivity index (χ4n) is 4.95. The monoisotopic (exact) mass is 574 g/mol. The molecule has 1 fully saturated rings. The van der Waals surface area contributed by atoms with Crippen LogP contribution in [0.2, 0.25) is 0 Å². The Morgan fingerprint density at radius 2 is 1.73 bits per heavy atom. The van der Waals surface area contributed by atoms with Gasteiger partial charge in [-0.25, -0.2) is 22.2 Å². The molecular weight excluding hydrogens is 547 g/mol. The third-order valence-corrected chi connectivity index (χ3v) is 7.68. The predicted octanol–water partition coefficient (Wildman–Crippen LogP) is 3.70. The number of aromatic nitrogens is 6. The Bertz CT molecular complexity index is 1750. The molecule has 0 spiro atoms. The molecule has 4 heterocycles. The molecule has 1 aliphatic heterocycles. The van der Waals surface area contributed by atoms with Gasteiger partial charge in [0.25, 0.3) is 5.89 Å². The van der Waals surface area contributed by atoms with Crippen LogP contribution in [0, 0.1) is 5.82 Å². The third-order valence-electron chi connectivity index (χ3n) is 6.92. The zero-order chi connectivity index (χ0) is 28.4. The number of hydrogen-bond acceptors (Lipinski definition) is 9. The number of sulfonamides is 1. The highest BCUT2D eigenvalue weighted by atomic mass is 32.2. The predicted molar refractivity (Wildman–Crippen MR) is 150 cm³/mol. The molecule has 1 aliphatic rings. The second-order valence-corrected chi connectivity index (χ2v) is 11.7. The van der Waals surface area contributed by atoms with Crippen molar-refractivity contribution in [1.29, 1.82) is 0 Å². The van der Waals surface area contributed by atoms with Crippen molar-refractivity contribution in [3.8, 4) is 39.9 Å². The highest BCUT2D eigenvalue weighted by Crippen LogP contribution is 2.32. The van der Waals surface area contributed by atoms with Gasteiger partial charge in [0.05, 0.1) is 6.26 Å². The minimum Gasteiger partial charge on any atom is -0.332 e. The van der Waals surface area contributed by atoms with Crippen LogP contribution in [0.15, 0.2) is 77.6 Å². The number of rotatable bonds is 8. The zero-order valence-corrected chi connectivity index (χ0v) is 23.0. The van der Waals surface area contributed by atoms with Crippen molar-refractivity contribution in [3.05, 3.63) is 84.4 Å². The van der Waals surface area contributed by atoms with Gasteiger partial charge in [-0.3, -0.25) is 9.88 Å². The van der Waals surface area contributed by atoms with E-state index in [0.717, 1.165) is 43.6 Å². The maximum Gasteiger partial charge on any atom is 0.281 e. The molecule has 0 saturated carbocycles. The summed E-state index contributed by atoms with van der Waals surface area (Å²) in [6.07, 6.45) is 6.02. The molecule has 210 valence electrons. The van der Waals surface area contributed by atoms with Crippen LogP contribution in [0.1, 0.15) is 18.4 Å². The van der Waals surface area contributed by atoms with E-state index in [0.29, 0.717) is 22.8 Å². The summed E-state index contributed by atoms with van der Waals surface area (Å²) in [5, 5.41) is 12.7. The van der Waals surface area contributed by atoms with Gasteiger partial charge in [0.1, 0.15) is 17.2 Å². The number of nitrogens with zero attached hydrogens (tertiary/aromatic N) is 7. The summed E-state index contributed by atoms with van der Waals surface area (Å²) in [4.78, 5) is 11.0. The third kappa shape index (κ3) is 6.06. The van der Waals surface area contributed by atoms with Crippen LogP contribution in [-0.2, 0) is 16.6 Å². The first-order valence-corrected chi connectivity index (χ1v) is 15.0. The molecule has 1 saturated heterocycles. The highest BCUT2D eigenvalue weighted by molar-refractivity contribution is 7.88. The maximum absolute atomic E-state index is 14.7. The molecular formula is C28H27FN8O3S. The fourth-order valence-corrected chi connectivity index (χ4v) is 5.79. The lowest BCUT2D eigenvalue weighted by molar-refractivity contribution is 0.200. The van der Waals surface area contributed by atoms with Crippen LogP contribution in [0.4, 0.5) is 4.39 Å². The maximum atomic E-state index is 14.7. The summed E-state index contributed by atoms with van der Waals surface area (Å²) >= 11 is 0. The quantitative estimate of drug-likeness (QED) is 0.295. The summed E-state index contributed by atoms with van der Waals surface area (Å²) in [5.41, 5.74) is 3.67. The van der Waals surface area contributed by atoms with Crippen LogP contribution in [-0.4, -0.2) is 68.8 Å². The van der Waals surface area contributed by atoms with E-state index in [1.54, 1.807) is 42.7 Å². The van der Waals surface area contributed by atoms with Crippen molar-refractivity contribution >= 4 is 10.0 Å². The Morgan fingerprint density at radius 3 is 2.44 bits per heavy atom. The van der Waals surface area contributed by atoms with Crippen LogP contribution >= 0.6 is 0 Å². The Balaban J connectivity index is 1.21. The molecule has 0 amide bonds. The highest BCUT2D eigenvalue weighted by Gasteiger charge is 2.25. The summed E-state index contributed by atoms with van der Waals surface area (Å²) in [5.74, 6) is 0.102. The Labute approximate surface area is 236 Å². The molecule has 0 unspecified atom stereocenters. The summed E-state index contributed by atoms with van der Waals surface area (Å²) in [7, 11) is -3.19. The molecule has 11 nitrogen and oxygen atoms in total. The van der Waals surface area contributed by atoms with Crippen molar-refractivity contribution in [2.45, 2.75) is 25.4 Å².